The van der Waals surface area contributed by atoms with Gasteiger partial charge in [-0.15, -0.1) is 0 Å². The summed E-state index contributed by atoms with van der Waals surface area (Å²) in [4.78, 5) is 0. The summed E-state index contributed by atoms with van der Waals surface area (Å²) in [6.07, 6.45) is 0. The van der Waals surface area contributed by atoms with Crippen LogP contribution in [0.25, 0.3) is 22.3 Å². The Balaban J connectivity index is 1.86. The SMILES string of the molecule is Cc1ccc2c(c1)-c1cc(C)ccc1C21c2ccccc2-c2ccccc21. The Morgan fingerprint density at radius 2 is 0.852 bits per heavy atom. The van der Waals surface area contributed by atoms with E-state index in [1.807, 2.05) is 0 Å². The van der Waals surface area contributed by atoms with Crippen LogP contribution in [0.2, 0.25) is 0 Å². The van der Waals surface area contributed by atoms with E-state index in [4.69, 9.17) is 0 Å². The van der Waals surface area contributed by atoms with Gasteiger partial charge in [0.1, 0.15) is 0 Å². The molecule has 128 valence electrons. The molecule has 0 heterocycles. The van der Waals surface area contributed by atoms with Crippen LogP contribution in [0.1, 0.15) is 33.4 Å². The van der Waals surface area contributed by atoms with E-state index in [-0.39, 0.29) is 5.41 Å². The largest absolute Gasteiger partial charge is 0.0725 e. The molecule has 0 nitrogen and oxygen atoms in total. The predicted molar refractivity (Wildman–Crippen MR) is 112 cm³/mol. The fourth-order valence-corrected chi connectivity index (χ4v) is 5.38. The van der Waals surface area contributed by atoms with Crippen LogP contribution >= 0.6 is 0 Å². The lowest BCUT2D eigenvalue weighted by molar-refractivity contribution is 0.793. The molecule has 2 aliphatic carbocycles. The topological polar surface area (TPSA) is 0 Å². The third-order valence-electron chi connectivity index (χ3n) is 6.40. The lowest BCUT2D eigenvalue weighted by atomic mass is 9.70. The second-order valence-electron chi connectivity index (χ2n) is 7.94. The molecule has 0 unspecified atom stereocenters. The summed E-state index contributed by atoms with van der Waals surface area (Å²) in [5, 5.41) is 0. The van der Waals surface area contributed by atoms with Gasteiger partial charge in [0.05, 0.1) is 5.41 Å². The van der Waals surface area contributed by atoms with Gasteiger partial charge in [0, 0.05) is 0 Å². The van der Waals surface area contributed by atoms with Crippen LogP contribution in [-0.2, 0) is 5.41 Å². The van der Waals surface area contributed by atoms with Gasteiger partial charge in [-0.1, -0.05) is 96.1 Å². The summed E-state index contributed by atoms with van der Waals surface area (Å²) < 4.78 is 0. The van der Waals surface area contributed by atoms with Gasteiger partial charge < -0.3 is 0 Å². The quantitative estimate of drug-likeness (QED) is 0.289. The van der Waals surface area contributed by atoms with E-state index >= 15 is 0 Å². The van der Waals surface area contributed by atoms with Crippen molar-refractivity contribution in [2.45, 2.75) is 19.3 Å². The van der Waals surface area contributed by atoms with E-state index in [1.54, 1.807) is 0 Å². The monoisotopic (exact) mass is 344 g/mol. The van der Waals surface area contributed by atoms with Crippen molar-refractivity contribution in [3.05, 3.63) is 118 Å². The lowest BCUT2D eigenvalue weighted by Gasteiger charge is -2.30. The minimum absolute atomic E-state index is 0.195. The number of aryl methyl sites for hydroxylation is 2. The van der Waals surface area contributed by atoms with Gasteiger partial charge >= 0.3 is 0 Å². The van der Waals surface area contributed by atoms with Gasteiger partial charge in [0.2, 0.25) is 0 Å². The molecule has 0 saturated heterocycles. The molecule has 0 saturated carbocycles. The molecule has 2 aliphatic rings. The molecule has 0 N–H and O–H groups in total. The van der Waals surface area contributed by atoms with E-state index in [0.717, 1.165) is 0 Å². The molecule has 6 rings (SSSR count). The third kappa shape index (κ3) is 1.69. The maximum absolute atomic E-state index is 2.37. The molecule has 0 bridgehead atoms. The molecule has 4 aromatic carbocycles. The van der Waals surface area contributed by atoms with Crippen molar-refractivity contribution < 1.29 is 0 Å². The smallest absolute Gasteiger partial charge is 0.0619 e. The number of fused-ring (bicyclic) bond motifs is 10. The number of benzene rings is 4. The third-order valence-corrected chi connectivity index (χ3v) is 6.40. The first-order chi connectivity index (χ1) is 13.2. The zero-order valence-corrected chi connectivity index (χ0v) is 15.6. The lowest BCUT2D eigenvalue weighted by Crippen LogP contribution is -2.25. The average molecular weight is 344 g/mol. The van der Waals surface area contributed by atoms with E-state index in [0.29, 0.717) is 0 Å². The Morgan fingerprint density at radius 3 is 1.33 bits per heavy atom. The Bertz CT molecular complexity index is 1140. The number of hydrogen-bond acceptors (Lipinski definition) is 0. The highest BCUT2D eigenvalue weighted by Gasteiger charge is 2.51. The summed E-state index contributed by atoms with van der Waals surface area (Å²) in [6, 6.07) is 31.9. The molecule has 0 amide bonds. The van der Waals surface area contributed by atoms with Crippen LogP contribution in [0.15, 0.2) is 84.9 Å². The summed E-state index contributed by atoms with van der Waals surface area (Å²) in [5.41, 5.74) is 13.6. The minimum Gasteiger partial charge on any atom is -0.0619 e. The fourth-order valence-electron chi connectivity index (χ4n) is 5.38. The van der Waals surface area contributed by atoms with Crippen LogP contribution in [0.3, 0.4) is 0 Å². The van der Waals surface area contributed by atoms with Gasteiger partial charge in [-0.25, -0.2) is 0 Å². The van der Waals surface area contributed by atoms with Crippen LogP contribution < -0.4 is 0 Å². The molecule has 4 aromatic rings. The van der Waals surface area contributed by atoms with Crippen LogP contribution in [0, 0.1) is 13.8 Å². The van der Waals surface area contributed by atoms with Crippen molar-refractivity contribution >= 4 is 0 Å². The Morgan fingerprint density at radius 1 is 0.444 bits per heavy atom. The van der Waals surface area contributed by atoms with Gasteiger partial charge in [-0.05, 0) is 58.4 Å². The van der Waals surface area contributed by atoms with Crippen LogP contribution in [-0.4, -0.2) is 0 Å². The summed E-state index contributed by atoms with van der Waals surface area (Å²) in [6.45, 7) is 4.38. The Labute approximate surface area is 160 Å². The van der Waals surface area contributed by atoms with Gasteiger partial charge in [-0.3, -0.25) is 0 Å². The van der Waals surface area contributed by atoms with E-state index in [1.165, 1.54) is 55.6 Å². The molecule has 0 radical (unpaired) electrons. The normalized spacial score (nSPS) is 14.6. The van der Waals surface area contributed by atoms with Gasteiger partial charge in [0.25, 0.3) is 0 Å². The zero-order valence-electron chi connectivity index (χ0n) is 15.6. The second kappa shape index (κ2) is 4.98. The van der Waals surface area contributed by atoms with Crippen molar-refractivity contribution in [3.8, 4) is 22.3 Å². The predicted octanol–water partition coefficient (Wildman–Crippen LogP) is 6.65. The first kappa shape index (κ1) is 15.0. The standard InChI is InChI=1S/C27H20/c1-17-11-13-25-21(15-17)22-16-18(2)12-14-26(22)27(25)23-9-5-3-7-19(23)20-8-4-6-10-24(20)27/h3-16H,1-2H3. The first-order valence-corrected chi connectivity index (χ1v) is 9.63. The molecule has 0 aliphatic heterocycles. The van der Waals surface area contributed by atoms with Crippen molar-refractivity contribution in [2.75, 3.05) is 0 Å². The molecule has 0 fully saturated rings. The van der Waals surface area contributed by atoms with Crippen LogP contribution in [0.5, 0.6) is 0 Å². The Kier molecular flexibility index (Phi) is 2.77. The molecule has 1 spiro atoms. The molecular weight excluding hydrogens is 324 g/mol. The number of hydrogen-bond donors (Lipinski definition) is 0. The van der Waals surface area contributed by atoms with E-state index in [9.17, 15) is 0 Å². The Hall–Kier alpha value is -3.12. The molecular formula is C27H20. The van der Waals surface area contributed by atoms with E-state index < -0.39 is 0 Å². The summed E-state index contributed by atoms with van der Waals surface area (Å²) in [5.74, 6) is 0. The van der Waals surface area contributed by atoms with E-state index in [2.05, 4.69) is 98.8 Å². The van der Waals surface area contributed by atoms with Gasteiger partial charge in [0.15, 0.2) is 0 Å². The fraction of sp³-hybridized carbons (Fsp3) is 0.111. The highest BCUT2D eigenvalue weighted by molar-refractivity contribution is 5.95. The maximum atomic E-state index is 2.37. The molecule has 0 heteroatoms. The van der Waals surface area contributed by atoms with Crippen molar-refractivity contribution in [1.29, 1.82) is 0 Å². The number of rotatable bonds is 0. The summed E-state index contributed by atoms with van der Waals surface area (Å²) >= 11 is 0. The van der Waals surface area contributed by atoms with Crippen molar-refractivity contribution in [2.24, 2.45) is 0 Å². The minimum atomic E-state index is -0.195. The van der Waals surface area contributed by atoms with Crippen molar-refractivity contribution in [1.82, 2.24) is 0 Å². The molecule has 0 aromatic heterocycles. The molecule has 0 atom stereocenters. The first-order valence-electron chi connectivity index (χ1n) is 9.63. The maximum Gasteiger partial charge on any atom is 0.0725 e. The zero-order chi connectivity index (χ0) is 18.2. The van der Waals surface area contributed by atoms with Gasteiger partial charge in [-0.2, -0.15) is 0 Å². The van der Waals surface area contributed by atoms with Crippen molar-refractivity contribution in [3.63, 3.8) is 0 Å². The summed E-state index contributed by atoms with van der Waals surface area (Å²) in [7, 11) is 0. The second-order valence-corrected chi connectivity index (χ2v) is 7.94. The average Bonchev–Trinajstić information content (AvgIpc) is 3.14. The van der Waals surface area contributed by atoms with Crippen LogP contribution in [0.4, 0.5) is 0 Å². The highest BCUT2D eigenvalue weighted by Crippen LogP contribution is 2.62. The molecule has 27 heavy (non-hydrogen) atoms. The highest BCUT2D eigenvalue weighted by atomic mass is 14.5.